The van der Waals surface area contributed by atoms with Gasteiger partial charge in [-0.05, 0) is 50.3 Å². The maximum atomic E-state index is 13.8. The Hall–Kier alpha value is -3.49. The van der Waals surface area contributed by atoms with Crippen molar-refractivity contribution in [1.82, 2.24) is 5.32 Å². The molecule has 35 heavy (non-hydrogen) atoms. The number of dihydropyridines is 1. The highest BCUT2D eigenvalue weighted by Gasteiger charge is 2.47. The van der Waals surface area contributed by atoms with Crippen LogP contribution in [0.2, 0.25) is 0 Å². The highest BCUT2D eigenvalue weighted by Crippen LogP contribution is 2.48. The molecule has 9 heteroatoms. The van der Waals surface area contributed by atoms with E-state index in [-0.39, 0.29) is 40.4 Å². The van der Waals surface area contributed by atoms with Gasteiger partial charge in [0, 0.05) is 22.9 Å². The quantitative estimate of drug-likeness (QED) is 0.440. The minimum atomic E-state index is -1.01. The Labute approximate surface area is 205 Å². The molecule has 4 atom stereocenters. The number of ether oxygens (including phenoxy) is 4. The lowest BCUT2D eigenvalue weighted by atomic mass is 9.69. The van der Waals surface area contributed by atoms with Crippen molar-refractivity contribution >= 4 is 17.7 Å². The van der Waals surface area contributed by atoms with E-state index in [1.165, 1.54) is 21.3 Å². The zero-order chi connectivity index (χ0) is 26.0. The molecular weight excluding hydrogens is 454 g/mol. The number of ketones is 1. The first-order valence-electron chi connectivity index (χ1n) is 11.6. The van der Waals surface area contributed by atoms with Crippen LogP contribution >= 0.6 is 0 Å². The smallest absolute Gasteiger partial charge is 0.337 e. The number of allylic oxidation sites excluding steroid dienone is 3. The molecule has 0 unspecified atom stereocenters. The number of rotatable bonds is 7. The third-order valence-corrected chi connectivity index (χ3v) is 6.68. The summed E-state index contributed by atoms with van der Waals surface area (Å²) in [4.78, 5) is 39.7. The Morgan fingerprint density at radius 1 is 1.17 bits per heavy atom. The lowest BCUT2D eigenvalue weighted by Gasteiger charge is -2.38. The summed E-state index contributed by atoms with van der Waals surface area (Å²) < 4.78 is 21.2. The molecular formula is C26H33NO8. The van der Waals surface area contributed by atoms with Gasteiger partial charge >= 0.3 is 11.9 Å². The van der Waals surface area contributed by atoms with Crippen LogP contribution in [0.15, 0.2) is 34.7 Å². The molecule has 1 aliphatic carbocycles. The van der Waals surface area contributed by atoms with Gasteiger partial charge in [0.1, 0.15) is 5.92 Å². The molecule has 0 spiro atoms. The Kier molecular flexibility index (Phi) is 7.77. The van der Waals surface area contributed by atoms with Crippen LogP contribution in [0, 0.1) is 11.8 Å². The first kappa shape index (κ1) is 26.1. The van der Waals surface area contributed by atoms with E-state index < -0.39 is 29.6 Å². The van der Waals surface area contributed by atoms with Crippen molar-refractivity contribution in [2.45, 2.75) is 52.6 Å². The van der Waals surface area contributed by atoms with Crippen LogP contribution in [0.5, 0.6) is 17.2 Å². The van der Waals surface area contributed by atoms with Gasteiger partial charge in [-0.25, -0.2) is 4.79 Å². The van der Waals surface area contributed by atoms with E-state index in [0.717, 1.165) is 0 Å². The average Bonchev–Trinajstić information content (AvgIpc) is 2.82. The highest BCUT2D eigenvalue weighted by atomic mass is 16.5. The number of esters is 2. The molecule has 0 bridgehead atoms. The molecule has 0 radical (unpaired) electrons. The molecule has 190 valence electrons. The maximum Gasteiger partial charge on any atom is 0.337 e. The average molecular weight is 488 g/mol. The van der Waals surface area contributed by atoms with Gasteiger partial charge < -0.3 is 29.4 Å². The number of phenolic OH excluding ortho intramolecular Hbond substituents is 1. The van der Waals surface area contributed by atoms with Crippen LogP contribution in [0.4, 0.5) is 0 Å². The summed E-state index contributed by atoms with van der Waals surface area (Å²) in [7, 11) is 4.04. The van der Waals surface area contributed by atoms with E-state index >= 15 is 0 Å². The second-order valence-electron chi connectivity index (χ2n) is 8.93. The van der Waals surface area contributed by atoms with Gasteiger partial charge in [-0.2, -0.15) is 0 Å². The number of carbonyl (C=O) groups is 3. The van der Waals surface area contributed by atoms with E-state index in [0.29, 0.717) is 29.8 Å². The van der Waals surface area contributed by atoms with Gasteiger partial charge in [0.05, 0.1) is 33.0 Å². The monoisotopic (exact) mass is 487 g/mol. The number of nitrogens with one attached hydrogen (secondary N) is 1. The standard InChI is InChI=1S/C26H33NO8/c1-8-13(3)35-26(31)20-14(4)27-16-9-12(2)19(25(30)34-7)24(29)22(16)21(20)15-10-17(32-5)23(28)18(11-15)33-6/h10-13,19,21,27-28H,8-9H2,1-7H3/t12-,13-,19-,21-/m1/s1. The molecule has 1 aromatic rings. The fourth-order valence-corrected chi connectivity index (χ4v) is 4.69. The normalized spacial score (nSPS) is 22.7. The number of hydrogen-bond acceptors (Lipinski definition) is 9. The third kappa shape index (κ3) is 4.72. The molecule has 0 aromatic heterocycles. The Morgan fingerprint density at radius 2 is 1.77 bits per heavy atom. The molecule has 2 N–H and O–H groups in total. The van der Waals surface area contributed by atoms with Crippen molar-refractivity contribution < 1.29 is 38.4 Å². The third-order valence-electron chi connectivity index (χ3n) is 6.68. The lowest BCUT2D eigenvalue weighted by Crippen LogP contribution is -2.43. The molecule has 0 amide bonds. The number of hydrogen-bond donors (Lipinski definition) is 2. The fourth-order valence-electron chi connectivity index (χ4n) is 4.69. The summed E-state index contributed by atoms with van der Waals surface area (Å²) in [5.41, 5.74) is 2.19. The Morgan fingerprint density at radius 3 is 2.29 bits per heavy atom. The summed E-state index contributed by atoms with van der Waals surface area (Å²) in [5.74, 6) is -3.77. The van der Waals surface area contributed by atoms with Crippen LogP contribution < -0.4 is 14.8 Å². The molecule has 0 saturated carbocycles. The summed E-state index contributed by atoms with van der Waals surface area (Å²) in [6.45, 7) is 7.26. The van der Waals surface area contributed by atoms with Crippen molar-refractivity contribution in [3.8, 4) is 17.2 Å². The minimum absolute atomic E-state index is 0.119. The maximum absolute atomic E-state index is 13.8. The van der Waals surface area contributed by atoms with Crippen LogP contribution in [0.25, 0.3) is 0 Å². The highest BCUT2D eigenvalue weighted by molar-refractivity contribution is 6.12. The van der Waals surface area contributed by atoms with Crippen molar-refractivity contribution in [1.29, 1.82) is 0 Å². The van der Waals surface area contributed by atoms with Crippen LogP contribution in [-0.2, 0) is 23.9 Å². The molecule has 2 aliphatic rings. The van der Waals surface area contributed by atoms with E-state index in [1.807, 2.05) is 13.8 Å². The zero-order valence-electron chi connectivity index (χ0n) is 21.2. The predicted molar refractivity (Wildman–Crippen MR) is 127 cm³/mol. The summed E-state index contributed by atoms with van der Waals surface area (Å²) in [5, 5.41) is 13.7. The molecule has 3 rings (SSSR count). The fraction of sp³-hybridized carbons (Fsp3) is 0.500. The van der Waals surface area contributed by atoms with E-state index in [1.54, 1.807) is 26.0 Å². The van der Waals surface area contributed by atoms with Gasteiger partial charge in [0.15, 0.2) is 17.3 Å². The second-order valence-corrected chi connectivity index (χ2v) is 8.93. The number of aromatic hydroxyl groups is 1. The van der Waals surface area contributed by atoms with Crippen LogP contribution in [-0.4, -0.2) is 50.3 Å². The Balaban J connectivity index is 2.27. The number of methoxy groups -OCH3 is 3. The first-order valence-corrected chi connectivity index (χ1v) is 11.6. The molecule has 1 heterocycles. The largest absolute Gasteiger partial charge is 0.502 e. The predicted octanol–water partition coefficient (Wildman–Crippen LogP) is 3.36. The summed E-state index contributed by atoms with van der Waals surface area (Å²) >= 11 is 0. The van der Waals surface area contributed by atoms with Crippen molar-refractivity contribution in [2.75, 3.05) is 21.3 Å². The van der Waals surface area contributed by atoms with Crippen molar-refractivity contribution in [3.05, 3.63) is 40.2 Å². The van der Waals surface area contributed by atoms with E-state index in [9.17, 15) is 19.5 Å². The molecule has 1 aromatic carbocycles. The number of phenols is 1. The van der Waals surface area contributed by atoms with Gasteiger partial charge in [-0.1, -0.05) is 13.8 Å². The summed E-state index contributed by atoms with van der Waals surface area (Å²) in [6.07, 6.45) is 0.688. The van der Waals surface area contributed by atoms with Crippen molar-refractivity contribution in [2.24, 2.45) is 11.8 Å². The second kappa shape index (κ2) is 10.4. The van der Waals surface area contributed by atoms with Gasteiger partial charge in [-0.15, -0.1) is 0 Å². The van der Waals surface area contributed by atoms with Gasteiger partial charge in [-0.3, -0.25) is 9.59 Å². The van der Waals surface area contributed by atoms with Crippen LogP contribution in [0.1, 0.15) is 52.0 Å². The van der Waals surface area contributed by atoms with E-state index in [2.05, 4.69) is 5.32 Å². The Bertz CT molecular complexity index is 1080. The SMILES string of the molecule is CC[C@@H](C)OC(=O)C1=C(C)NC2=C(C(=O)[C@H](C(=O)OC)[C@H](C)C2)[C@@H]1c1cc(OC)c(O)c(OC)c1. The minimum Gasteiger partial charge on any atom is -0.502 e. The first-order chi connectivity index (χ1) is 16.6. The summed E-state index contributed by atoms with van der Waals surface area (Å²) in [6, 6.07) is 3.11. The number of Topliss-reactive ketones (excluding diaryl/α,β-unsaturated/α-hetero) is 1. The molecule has 0 saturated heterocycles. The van der Waals surface area contributed by atoms with Crippen molar-refractivity contribution in [3.63, 3.8) is 0 Å². The molecule has 9 nitrogen and oxygen atoms in total. The van der Waals surface area contributed by atoms with Crippen LogP contribution in [0.3, 0.4) is 0 Å². The topological polar surface area (TPSA) is 120 Å². The molecule has 1 aliphatic heterocycles. The molecule has 0 fully saturated rings. The van der Waals surface area contributed by atoms with Gasteiger partial charge in [0.25, 0.3) is 0 Å². The number of carbonyl (C=O) groups excluding carboxylic acids is 3. The number of benzene rings is 1. The lowest BCUT2D eigenvalue weighted by molar-refractivity contribution is -0.151. The van der Waals surface area contributed by atoms with Gasteiger partial charge in [0.2, 0.25) is 5.75 Å². The zero-order valence-corrected chi connectivity index (χ0v) is 21.2. The van der Waals surface area contributed by atoms with E-state index in [4.69, 9.17) is 18.9 Å².